The van der Waals surface area contributed by atoms with E-state index in [9.17, 15) is 13.2 Å². The van der Waals surface area contributed by atoms with Crippen molar-refractivity contribution in [2.45, 2.75) is 24.1 Å². The van der Waals surface area contributed by atoms with Gasteiger partial charge in [-0.1, -0.05) is 18.2 Å². The van der Waals surface area contributed by atoms with Gasteiger partial charge in [-0.15, -0.1) is 0 Å². The molecule has 3 rings (SSSR count). The number of carbonyl (C=O) groups excluding carboxylic acids is 1. The number of benzene rings is 1. The summed E-state index contributed by atoms with van der Waals surface area (Å²) in [6.07, 6.45) is 3.53. The molecule has 7 nitrogen and oxygen atoms in total. The quantitative estimate of drug-likeness (QED) is 0.815. The lowest BCUT2D eigenvalue weighted by Crippen LogP contribution is -2.57. The van der Waals surface area contributed by atoms with E-state index >= 15 is 0 Å². The van der Waals surface area contributed by atoms with Crippen LogP contribution < -0.4 is 10.6 Å². The molecule has 25 heavy (non-hydrogen) atoms. The average Bonchev–Trinajstić information content (AvgIpc) is 3.09. The number of amides is 1. The molecule has 134 valence electrons. The maximum absolute atomic E-state index is 12.7. The lowest BCUT2D eigenvalue weighted by molar-refractivity contribution is -0.124. The third-order valence-corrected chi connectivity index (χ3v) is 6.64. The molecular formula is C17H22N4O3S. The summed E-state index contributed by atoms with van der Waals surface area (Å²) in [7, 11) is -3.51. The van der Waals surface area contributed by atoms with Crippen LogP contribution in [0.2, 0.25) is 0 Å². The molecule has 0 radical (unpaired) electrons. The van der Waals surface area contributed by atoms with Crippen LogP contribution in [0.4, 0.5) is 0 Å². The third kappa shape index (κ3) is 3.59. The summed E-state index contributed by atoms with van der Waals surface area (Å²) < 4.78 is 24.9. The highest BCUT2D eigenvalue weighted by Crippen LogP contribution is 2.28. The van der Waals surface area contributed by atoms with Crippen LogP contribution in [-0.2, 0) is 21.2 Å². The van der Waals surface area contributed by atoms with Crippen LogP contribution in [0.3, 0.4) is 0 Å². The van der Waals surface area contributed by atoms with Crippen LogP contribution in [0.5, 0.6) is 0 Å². The zero-order chi connectivity index (χ0) is 17.9. The molecule has 0 saturated carbocycles. The molecule has 2 heterocycles. The second-order valence-electron chi connectivity index (χ2n) is 6.29. The van der Waals surface area contributed by atoms with Crippen LogP contribution >= 0.6 is 0 Å². The molecular weight excluding hydrogens is 340 g/mol. The van der Waals surface area contributed by atoms with Crippen molar-refractivity contribution in [2.75, 3.05) is 19.3 Å². The molecule has 1 saturated heterocycles. The van der Waals surface area contributed by atoms with Crippen LogP contribution in [0.1, 0.15) is 18.5 Å². The van der Waals surface area contributed by atoms with Crippen molar-refractivity contribution >= 4 is 15.7 Å². The number of para-hydroxylation sites is 1. The fourth-order valence-electron chi connectivity index (χ4n) is 3.11. The minimum atomic E-state index is -3.51. The van der Waals surface area contributed by atoms with Crippen LogP contribution in [0.15, 0.2) is 42.6 Å². The summed E-state index contributed by atoms with van der Waals surface area (Å²) in [4.78, 5) is 12.7. The topological polar surface area (TPSA) is 93.1 Å². The number of nitrogens with zero attached hydrogens (tertiary/aromatic N) is 2. The van der Waals surface area contributed by atoms with Crippen molar-refractivity contribution in [1.82, 2.24) is 20.4 Å². The Morgan fingerprint density at radius 3 is 2.56 bits per heavy atom. The molecule has 0 unspecified atom stereocenters. The molecule has 1 aromatic carbocycles. The second kappa shape index (κ2) is 6.97. The Morgan fingerprint density at radius 1 is 1.24 bits per heavy atom. The Labute approximate surface area is 147 Å². The summed E-state index contributed by atoms with van der Waals surface area (Å²) in [5.74, 6) is -0.439. The summed E-state index contributed by atoms with van der Waals surface area (Å²) in [6, 6.07) is 11.4. The lowest BCUT2D eigenvalue weighted by atomic mass is 9.96. The second-order valence-corrected chi connectivity index (χ2v) is 8.61. The van der Waals surface area contributed by atoms with E-state index in [1.807, 2.05) is 42.6 Å². The Hall–Kier alpha value is -2.19. The van der Waals surface area contributed by atoms with Gasteiger partial charge in [-0.3, -0.25) is 4.79 Å². The van der Waals surface area contributed by atoms with Gasteiger partial charge >= 0.3 is 0 Å². The van der Waals surface area contributed by atoms with E-state index in [1.54, 1.807) is 4.68 Å². The molecule has 0 spiro atoms. The molecule has 1 amide bonds. The van der Waals surface area contributed by atoms with Crippen molar-refractivity contribution < 1.29 is 13.2 Å². The molecule has 0 bridgehead atoms. The first-order chi connectivity index (χ1) is 11.9. The average molecular weight is 362 g/mol. The predicted octanol–water partition coefficient (Wildman–Crippen LogP) is 0.655. The summed E-state index contributed by atoms with van der Waals surface area (Å²) in [5.41, 5.74) is 1.60. The Morgan fingerprint density at radius 2 is 1.92 bits per heavy atom. The fraction of sp³-hybridized carbons (Fsp3) is 0.412. The SMILES string of the molecule is CS(=O)(=O)C1(C(=O)NCc2ccn(-c3ccccc3)n2)CCNCC1. The first kappa shape index (κ1) is 17.6. The summed E-state index contributed by atoms with van der Waals surface area (Å²) >= 11 is 0. The van der Waals surface area contributed by atoms with E-state index in [1.165, 1.54) is 0 Å². The van der Waals surface area contributed by atoms with Gasteiger partial charge in [0.1, 0.15) is 0 Å². The lowest BCUT2D eigenvalue weighted by Gasteiger charge is -2.34. The number of aromatic nitrogens is 2. The van der Waals surface area contributed by atoms with Gasteiger partial charge in [0.25, 0.3) is 0 Å². The van der Waals surface area contributed by atoms with Crippen LogP contribution in [0.25, 0.3) is 5.69 Å². The fourth-order valence-corrected chi connectivity index (χ4v) is 4.46. The van der Waals surface area contributed by atoms with Gasteiger partial charge in [0, 0.05) is 12.5 Å². The minimum Gasteiger partial charge on any atom is -0.349 e. The maximum atomic E-state index is 12.7. The highest BCUT2D eigenvalue weighted by Gasteiger charge is 2.48. The number of nitrogens with one attached hydrogen (secondary N) is 2. The minimum absolute atomic E-state index is 0.198. The van der Waals surface area contributed by atoms with Crippen molar-refractivity contribution in [3.8, 4) is 5.69 Å². The van der Waals surface area contributed by atoms with Gasteiger partial charge in [-0.05, 0) is 44.1 Å². The molecule has 1 aliphatic rings. The van der Waals surface area contributed by atoms with Crippen molar-refractivity contribution in [3.05, 3.63) is 48.3 Å². The van der Waals surface area contributed by atoms with Crippen molar-refractivity contribution in [1.29, 1.82) is 0 Å². The van der Waals surface area contributed by atoms with Crippen molar-refractivity contribution in [2.24, 2.45) is 0 Å². The molecule has 0 aliphatic carbocycles. The van der Waals surface area contributed by atoms with Gasteiger partial charge in [-0.25, -0.2) is 13.1 Å². The smallest absolute Gasteiger partial charge is 0.241 e. The van der Waals surface area contributed by atoms with E-state index in [-0.39, 0.29) is 19.4 Å². The number of piperidine rings is 1. The van der Waals surface area contributed by atoms with Gasteiger partial charge in [-0.2, -0.15) is 5.10 Å². The number of carbonyl (C=O) groups is 1. The van der Waals surface area contributed by atoms with Gasteiger partial charge in [0.2, 0.25) is 5.91 Å². The standard InChI is InChI=1S/C17H22N4O3S/c1-25(23,24)17(8-10-18-11-9-17)16(22)19-13-14-7-12-21(20-14)15-5-3-2-4-6-15/h2-7,12,18H,8-11,13H2,1H3,(H,19,22). The molecule has 2 N–H and O–H groups in total. The van der Waals surface area contributed by atoms with E-state index in [0.717, 1.165) is 11.9 Å². The van der Waals surface area contributed by atoms with E-state index in [4.69, 9.17) is 0 Å². The first-order valence-corrected chi connectivity index (χ1v) is 10.1. The summed E-state index contributed by atoms with van der Waals surface area (Å²) in [5, 5.41) is 10.3. The highest BCUT2D eigenvalue weighted by molar-refractivity contribution is 7.92. The molecule has 1 fully saturated rings. The monoisotopic (exact) mass is 362 g/mol. The third-order valence-electron chi connectivity index (χ3n) is 4.63. The maximum Gasteiger partial charge on any atom is 0.241 e. The highest BCUT2D eigenvalue weighted by atomic mass is 32.2. The zero-order valence-corrected chi connectivity index (χ0v) is 14.9. The number of rotatable bonds is 5. The Bertz CT molecular complexity index is 840. The molecule has 1 aromatic heterocycles. The molecule has 0 atom stereocenters. The molecule has 1 aliphatic heterocycles. The van der Waals surface area contributed by atoms with Crippen LogP contribution in [-0.4, -0.2) is 48.2 Å². The summed E-state index contributed by atoms with van der Waals surface area (Å²) in [6.45, 7) is 1.23. The van der Waals surface area contributed by atoms with E-state index in [0.29, 0.717) is 18.8 Å². The first-order valence-electron chi connectivity index (χ1n) is 8.21. The van der Waals surface area contributed by atoms with E-state index in [2.05, 4.69) is 15.7 Å². The Balaban J connectivity index is 1.71. The largest absolute Gasteiger partial charge is 0.349 e. The molecule has 2 aromatic rings. The van der Waals surface area contributed by atoms with Crippen molar-refractivity contribution in [3.63, 3.8) is 0 Å². The number of sulfone groups is 1. The number of hydrogen-bond acceptors (Lipinski definition) is 5. The Kier molecular flexibility index (Phi) is 4.91. The molecule has 8 heteroatoms. The van der Waals surface area contributed by atoms with Gasteiger partial charge in [0.05, 0.1) is 17.9 Å². The predicted molar refractivity (Wildman–Crippen MR) is 95.1 cm³/mol. The van der Waals surface area contributed by atoms with Crippen LogP contribution in [0, 0.1) is 0 Å². The zero-order valence-electron chi connectivity index (χ0n) is 14.1. The normalized spacial score (nSPS) is 17.2. The van der Waals surface area contributed by atoms with Gasteiger partial charge < -0.3 is 10.6 Å². The van der Waals surface area contributed by atoms with E-state index < -0.39 is 20.5 Å². The van der Waals surface area contributed by atoms with Gasteiger partial charge in [0.15, 0.2) is 14.6 Å². The number of hydrogen-bond donors (Lipinski definition) is 2.